The number of alkyl halides is 3. The normalized spacial score (nSPS) is 15.7. The minimum Gasteiger partial charge on any atom is -0.465 e. The molecule has 1 N–H and O–H groups in total. The number of hydrogen-bond donors (Lipinski definition) is 1. The molecule has 0 aromatic carbocycles. The molecular formula is C10H14F3N3O3. The van der Waals surface area contributed by atoms with Crippen molar-refractivity contribution in [2.75, 3.05) is 20.1 Å². The van der Waals surface area contributed by atoms with Gasteiger partial charge < -0.3 is 10.0 Å². The van der Waals surface area contributed by atoms with Crippen molar-refractivity contribution in [2.45, 2.75) is 25.4 Å². The van der Waals surface area contributed by atoms with Crippen molar-refractivity contribution in [3.05, 3.63) is 0 Å². The van der Waals surface area contributed by atoms with Gasteiger partial charge in [-0.3, -0.25) is 4.79 Å². The zero-order chi connectivity index (χ0) is 14.6. The lowest BCUT2D eigenvalue weighted by Gasteiger charge is -2.12. The van der Waals surface area contributed by atoms with Gasteiger partial charge in [0.1, 0.15) is 0 Å². The molecule has 2 amide bonds. The lowest BCUT2D eigenvalue weighted by Crippen LogP contribution is -2.30. The number of hydrazone groups is 1. The first-order chi connectivity index (χ1) is 8.69. The van der Waals surface area contributed by atoms with E-state index in [9.17, 15) is 22.8 Å². The van der Waals surface area contributed by atoms with Gasteiger partial charge in [0.2, 0.25) is 5.91 Å². The van der Waals surface area contributed by atoms with E-state index in [1.807, 2.05) is 0 Å². The molecule has 1 aliphatic heterocycles. The number of hydrogen-bond acceptors (Lipinski definition) is 3. The van der Waals surface area contributed by atoms with Crippen LogP contribution in [0.2, 0.25) is 0 Å². The van der Waals surface area contributed by atoms with Gasteiger partial charge in [-0.2, -0.15) is 18.3 Å². The predicted molar refractivity (Wildman–Crippen MR) is 59.7 cm³/mol. The fourth-order valence-corrected chi connectivity index (χ4v) is 1.56. The molecule has 1 aliphatic rings. The summed E-state index contributed by atoms with van der Waals surface area (Å²) in [7, 11) is 1.32. The van der Waals surface area contributed by atoms with Gasteiger partial charge >= 0.3 is 12.3 Å². The molecular weight excluding hydrogens is 267 g/mol. The topological polar surface area (TPSA) is 73.2 Å². The first-order valence-corrected chi connectivity index (χ1v) is 5.56. The zero-order valence-corrected chi connectivity index (χ0v) is 10.3. The van der Waals surface area contributed by atoms with Crippen molar-refractivity contribution in [1.82, 2.24) is 9.91 Å². The molecule has 1 rings (SSSR count). The van der Waals surface area contributed by atoms with Crippen molar-refractivity contribution < 1.29 is 27.9 Å². The van der Waals surface area contributed by atoms with Gasteiger partial charge in [0.15, 0.2) is 0 Å². The van der Waals surface area contributed by atoms with E-state index in [-0.39, 0.29) is 25.9 Å². The molecule has 0 aromatic heterocycles. The maximum absolute atomic E-state index is 12.0. The smallest absolute Gasteiger partial charge is 0.407 e. The highest BCUT2D eigenvalue weighted by Gasteiger charge is 2.29. The van der Waals surface area contributed by atoms with E-state index in [2.05, 4.69) is 5.10 Å². The second-order valence-electron chi connectivity index (χ2n) is 4.22. The molecule has 0 bridgehead atoms. The number of carbonyl (C=O) groups is 2. The minimum absolute atomic E-state index is 0.0309. The Kier molecular flexibility index (Phi) is 4.73. The molecule has 0 fully saturated rings. The van der Waals surface area contributed by atoms with E-state index in [1.54, 1.807) is 0 Å². The summed E-state index contributed by atoms with van der Waals surface area (Å²) in [5.41, 5.74) is 0.335. The molecule has 9 heteroatoms. The van der Waals surface area contributed by atoms with Crippen molar-refractivity contribution in [3.63, 3.8) is 0 Å². The predicted octanol–water partition coefficient (Wildman–Crippen LogP) is 1.53. The van der Waals surface area contributed by atoms with Crippen molar-refractivity contribution >= 4 is 17.7 Å². The van der Waals surface area contributed by atoms with Crippen LogP contribution in [0.4, 0.5) is 18.0 Å². The standard InChI is InChI=1S/C10H14F3N3O3/c1-15(9(18)19)6-7-5-8(17)16(14-7)4-2-3-10(11,12)13/h2-6H2,1H3,(H,18,19). The van der Waals surface area contributed by atoms with Crippen LogP contribution in [-0.4, -0.2) is 59.0 Å². The Morgan fingerprint density at radius 2 is 2.16 bits per heavy atom. The Labute approximate surface area is 107 Å². The van der Waals surface area contributed by atoms with Gasteiger partial charge in [0.05, 0.1) is 18.7 Å². The number of rotatable bonds is 5. The fraction of sp³-hybridized carbons (Fsp3) is 0.700. The first-order valence-electron chi connectivity index (χ1n) is 5.56. The summed E-state index contributed by atoms with van der Waals surface area (Å²) in [6.07, 6.45) is -6.66. The van der Waals surface area contributed by atoms with Crippen LogP contribution in [0.25, 0.3) is 0 Å². The van der Waals surface area contributed by atoms with Crippen molar-refractivity contribution in [3.8, 4) is 0 Å². The molecule has 0 saturated heterocycles. The quantitative estimate of drug-likeness (QED) is 0.830. The maximum atomic E-state index is 12.0. The van der Waals surface area contributed by atoms with Crippen LogP contribution >= 0.6 is 0 Å². The molecule has 0 saturated carbocycles. The lowest BCUT2D eigenvalue weighted by atomic mass is 10.2. The van der Waals surface area contributed by atoms with Crippen LogP contribution in [0, 0.1) is 0 Å². The van der Waals surface area contributed by atoms with Gasteiger partial charge in [0.25, 0.3) is 0 Å². The monoisotopic (exact) mass is 281 g/mol. The summed E-state index contributed by atoms with van der Waals surface area (Å²) in [6.45, 7) is -0.143. The van der Waals surface area contributed by atoms with Gasteiger partial charge in [-0.1, -0.05) is 0 Å². The number of halogens is 3. The fourth-order valence-electron chi connectivity index (χ4n) is 1.56. The Balaban J connectivity index is 2.45. The maximum Gasteiger partial charge on any atom is 0.407 e. The molecule has 0 aromatic rings. The third kappa shape index (κ3) is 5.14. The molecule has 0 radical (unpaired) electrons. The second-order valence-corrected chi connectivity index (χ2v) is 4.22. The third-order valence-corrected chi connectivity index (χ3v) is 2.48. The van der Waals surface area contributed by atoms with Crippen LogP contribution in [0.1, 0.15) is 19.3 Å². The summed E-state index contributed by atoms with van der Waals surface area (Å²) in [5.74, 6) is -0.407. The second kappa shape index (κ2) is 5.89. The molecule has 0 unspecified atom stereocenters. The minimum atomic E-state index is -4.25. The highest BCUT2D eigenvalue weighted by molar-refractivity contribution is 6.06. The largest absolute Gasteiger partial charge is 0.465 e. The molecule has 108 valence electrons. The average molecular weight is 281 g/mol. The molecule has 0 aliphatic carbocycles. The Morgan fingerprint density at radius 3 is 2.68 bits per heavy atom. The number of amides is 2. The van der Waals surface area contributed by atoms with Gasteiger partial charge in [-0.15, -0.1) is 0 Å². The molecule has 19 heavy (non-hydrogen) atoms. The highest BCUT2D eigenvalue weighted by Crippen LogP contribution is 2.22. The van der Waals surface area contributed by atoms with Crippen LogP contribution in [0.15, 0.2) is 5.10 Å². The van der Waals surface area contributed by atoms with E-state index >= 15 is 0 Å². The molecule has 1 heterocycles. The Morgan fingerprint density at radius 1 is 1.53 bits per heavy atom. The van der Waals surface area contributed by atoms with Crippen LogP contribution in [0.5, 0.6) is 0 Å². The van der Waals surface area contributed by atoms with E-state index in [0.717, 1.165) is 9.91 Å². The third-order valence-electron chi connectivity index (χ3n) is 2.48. The molecule has 6 nitrogen and oxygen atoms in total. The molecule has 0 atom stereocenters. The van der Waals surface area contributed by atoms with E-state index in [4.69, 9.17) is 5.11 Å². The van der Waals surface area contributed by atoms with Crippen molar-refractivity contribution in [2.24, 2.45) is 5.10 Å². The van der Waals surface area contributed by atoms with E-state index in [0.29, 0.717) is 5.71 Å². The summed E-state index contributed by atoms with van der Waals surface area (Å²) in [4.78, 5) is 23.0. The molecule has 0 spiro atoms. The van der Waals surface area contributed by atoms with Gasteiger partial charge in [-0.05, 0) is 6.42 Å². The van der Waals surface area contributed by atoms with Gasteiger partial charge in [-0.25, -0.2) is 9.80 Å². The Bertz CT molecular complexity index is 395. The first kappa shape index (κ1) is 15.3. The van der Waals surface area contributed by atoms with E-state index in [1.165, 1.54) is 7.05 Å². The summed E-state index contributed by atoms with van der Waals surface area (Å²) in [5, 5.41) is 13.5. The summed E-state index contributed by atoms with van der Waals surface area (Å²) in [6, 6.07) is 0. The van der Waals surface area contributed by atoms with Crippen LogP contribution < -0.4 is 0 Å². The average Bonchev–Trinajstić information content (AvgIpc) is 2.57. The number of carboxylic acid groups (broad SMARTS) is 1. The Hall–Kier alpha value is -1.80. The highest BCUT2D eigenvalue weighted by atomic mass is 19.4. The zero-order valence-electron chi connectivity index (χ0n) is 10.3. The number of carbonyl (C=O) groups excluding carboxylic acids is 1. The summed E-state index contributed by atoms with van der Waals surface area (Å²) < 4.78 is 35.9. The van der Waals surface area contributed by atoms with Crippen molar-refractivity contribution in [1.29, 1.82) is 0 Å². The number of nitrogens with zero attached hydrogens (tertiary/aromatic N) is 3. The van der Waals surface area contributed by atoms with E-state index < -0.39 is 24.6 Å². The van der Waals surface area contributed by atoms with Crippen LogP contribution in [-0.2, 0) is 4.79 Å². The SMILES string of the molecule is CN(CC1=NN(CCCC(F)(F)F)C(=O)C1)C(=O)O. The van der Waals surface area contributed by atoms with Gasteiger partial charge in [0, 0.05) is 20.0 Å². The van der Waals surface area contributed by atoms with Crippen LogP contribution in [0.3, 0.4) is 0 Å². The summed E-state index contributed by atoms with van der Waals surface area (Å²) >= 11 is 0. The lowest BCUT2D eigenvalue weighted by molar-refractivity contribution is -0.139.